The molecule has 3 aromatic rings. The smallest absolute Gasteiger partial charge is 0.254 e. The first-order valence-corrected chi connectivity index (χ1v) is 10.1. The third-order valence-corrected chi connectivity index (χ3v) is 4.69. The number of halogens is 2. The minimum atomic E-state index is -0.911. The van der Waals surface area contributed by atoms with E-state index in [1.54, 1.807) is 32.0 Å². The lowest BCUT2D eigenvalue weighted by atomic mass is 10.0. The van der Waals surface area contributed by atoms with Crippen LogP contribution < -0.4 is 10.6 Å². The number of aromatic nitrogens is 2. The van der Waals surface area contributed by atoms with Gasteiger partial charge < -0.3 is 15.7 Å². The Kier molecular flexibility index (Phi) is 6.50. The zero-order chi connectivity index (χ0) is 22.8. The van der Waals surface area contributed by atoms with Gasteiger partial charge in [0.15, 0.2) is 0 Å². The lowest BCUT2D eigenvalue weighted by molar-refractivity contribution is 0.0693. The van der Waals surface area contributed by atoms with Gasteiger partial charge in [0.2, 0.25) is 11.9 Å². The lowest BCUT2D eigenvalue weighted by Crippen LogP contribution is -2.31. The van der Waals surface area contributed by atoms with Gasteiger partial charge in [0.05, 0.1) is 22.4 Å². The molecule has 0 radical (unpaired) electrons. The highest BCUT2D eigenvalue weighted by atomic mass is 19.1. The van der Waals surface area contributed by atoms with Crippen LogP contribution in [0.4, 0.5) is 14.5 Å². The Morgan fingerprint density at radius 3 is 2.58 bits per heavy atom. The zero-order valence-electron chi connectivity index (χ0n) is 18.0. The number of anilines is 1. The largest absolute Gasteiger partial charge is 0.390 e. The maximum Gasteiger partial charge on any atom is 0.254 e. The number of aliphatic hydroxyl groups is 1. The summed E-state index contributed by atoms with van der Waals surface area (Å²) in [4.78, 5) is 20.5. The molecule has 0 unspecified atom stereocenters. The van der Waals surface area contributed by atoms with E-state index < -0.39 is 17.5 Å². The summed E-state index contributed by atoms with van der Waals surface area (Å²) in [6.45, 7) is 7.53. The average Bonchev–Trinajstić information content (AvgIpc) is 2.66. The Balaban J connectivity index is 2.05. The summed E-state index contributed by atoms with van der Waals surface area (Å²) in [6.07, 6.45) is 1.89. The molecule has 1 amide bonds. The van der Waals surface area contributed by atoms with Crippen LogP contribution in [0.25, 0.3) is 22.0 Å². The summed E-state index contributed by atoms with van der Waals surface area (Å²) in [5.74, 6) is -2.14. The number of fused-ring (bicyclic) bond motifs is 1. The quantitative estimate of drug-likeness (QED) is 0.489. The van der Waals surface area contributed by atoms with Gasteiger partial charge in [-0.2, -0.15) is 13.8 Å². The Morgan fingerprint density at radius 2 is 1.94 bits per heavy atom. The fourth-order valence-electron chi connectivity index (χ4n) is 3.18. The first-order chi connectivity index (χ1) is 14.5. The number of hydrogen-bond donors (Lipinski definition) is 3. The third-order valence-electron chi connectivity index (χ3n) is 4.69. The van der Waals surface area contributed by atoms with Crippen LogP contribution in [0.3, 0.4) is 0 Å². The van der Waals surface area contributed by atoms with E-state index in [9.17, 15) is 18.7 Å². The van der Waals surface area contributed by atoms with E-state index >= 15 is 0 Å². The van der Waals surface area contributed by atoms with Gasteiger partial charge in [0, 0.05) is 29.7 Å². The van der Waals surface area contributed by atoms with Crippen LogP contribution in [0.15, 0.2) is 36.5 Å². The molecule has 164 valence electrons. The monoisotopic (exact) mass is 428 g/mol. The highest BCUT2D eigenvalue weighted by Crippen LogP contribution is 2.32. The number of carbonyl (C=O) groups is 1. The van der Waals surface area contributed by atoms with Crippen molar-refractivity contribution < 1.29 is 18.7 Å². The molecule has 0 fully saturated rings. The van der Waals surface area contributed by atoms with Crippen LogP contribution >= 0.6 is 0 Å². The summed E-state index contributed by atoms with van der Waals surface area (Å²) in [5, 5.41) is 16.6. The highest BCUT2D eigenvalue weighted by Gasteiger charge is 2.19. The minimum absolute atomic E-state index is 0.0152. The first-order valence-electron chi connectivity index (χ1n) is 10.1. The number of rotatable bonds is 7. The van der Waals surface area contributed by atoms with Crippen molar-refractivity contribution in [2.24, 2.45) is 0 Å². The van der Waals surface area contributed by atoms with E-state index in [0.29, 0.717) is 40.7 Å². The fourth-order valence-corrected chi connectivity index (χ4v) is 3.18. The number of carbonyl (C=O) groups excluding carboxylic acids is 1. The molecule has 3 N–H and O–H groups in total. The Bertz CT molecular complexity index is 1110. The van der Waals surface area contributed by atoms with E-state index in [-0.39, 0.29) is 17.5 Å². The first kappa shape index (κ1) is 22.6. The summed E-state index contributed by atoms with van der Waals surface area (Å²) in [5.41, 5.74) is 1.28. The summed E-state index contributed by atoms with van der Waals surface area (Å²) < 4.78 is 27.4. The molecule has 6 nitrogen and oxygen atoms in total. The second-order valence-corrected chi connectivity index (χ2v) is 8.37. The fraction of sp³-hybridized carbons (Fsp3) is 0.348. The number of benzene rings is 1. The van der Waals surface area contributed by atoms with Gasteiger partial charge in [-0.3, -0.25) is 9.78 Å². The Labute approximate surface area is 179 Å². The average molecular weight is 428 g/mol. The number of amides is 1. The molecule has 0 bridgehead atoms. The van der Waals surface area contributed by atoms with Crippen molar-refractivity contribution in [1.82, 2.24) is 15.3 Å². The van der Waals surface area contributed by atoms with E-state index in [0.717, 1.165) is 6.07 Å². The molecule has 0 saturated carbocycles. The van der Waals surface area contributed by atoms with Crippen molar-refractivity contribution in [2.45, 2.75) is 45.8 Å². The molecule has 1 aromatic carbocycles. The van der Waals surface area contributed by atoms with Gasteiger partial charge in [0.25, 0.3) is 5.91 Å². The van der Waals surface area contributed by atoms with Gasteiger partial charge >= 0.3 is 0 Å². The summed E-state index contributed by atoms with van der Waals surface area (Å²) in [6, 6.07) is 7.54. The molecule has 3 rings (SSSR count). The molecule has 0 saturated heterocycles. The predicted octanol–water partition coefficient (Wildman–Crippen LogP) is 4.29. The van der Waals surface area contributed by atoms with Crippen molar-refractivity contribution in [3.63, 3.8) is 0 Å². The Hall–Kier alpha value is -3.13. The highest BCUT2D eigenvalue weighted by molar-refractivity contribution is 6.07. The van der Waals surface area contributed by atoms with Gasteiger partial charge in [-0.25, -0.2) is 0 Å². The SMILES string of the molecule is CC(C)Nc1c(C(=O)NCCC(C)(C)O)cnc2ccc(-c3ccc(F)nc3F)cc12. The van der Waals surface area contributed by atoms with Crippen LogP contribution in [0.1, 0.15) is 44.5 Å². The van der Waals surface area contributed by atoms with Crippen LogP contribution in [0, 0.1) is 11.9 Å². The number of pyridine rings is 2. The molecule has 0 atom stereocenters. The second kappa shape index (κ2) is 8.93. The maximum absolute atomic E-state index is 14.2. The number of nitrogens with one attached hydrogen (secondary N) is 2. The van der Waals surface area contributed by atoms with Crippen LogP contribution in [-0.2, 0) is 0 Å². The van der Waals surface area contributed by atoms with E-state index in [1.165, 1.54) is 12.3 Å². The summed E-state index contributed by atoms with van der Waals surface area (Å²) in [7, 11) is 0. The second-order valence-electron chi connectivity index (χ2n) is 8.37. The van der Waals surface area contributed by atoms with Crippen LogP contribution in [0.2, 0.25) is 0 Å². The third kappa shape index (κ3) is 5.52. The molecule has 2 aromatic heterocycles. The number of nitrogens with zero attached hydrogens (tertiary/aromatic N) is 2. The van der Waals surface area contributed by atoms with Crippen molar-refractivity contribution in [3.05, 3.63) is 54.0 Å². The van der Waals surface area contributed by atoms with Crippen LogP contribution in [-0.4, -0.2) is 39.2 Å². The molecular weight excluding hydrogens is 402 g/mol. The van der Waals surface area contributed by atoms with Crippen LogP contribution in [0.5, 0.6) is 0 Å². The van der Waals surface area contributed by atoms with Crippen molar-refractivity contribution in [3.8, 4) is 11.1 Å². The van der Waals surface area contributed by atoms with E-state index in [4.69, 9.17) is 0 Å². The van der Waals surface area contributed by atoms with E-state index in [2.05, 4.69) is 20.6 Å². The molecule has 0 aliphatic heterocycles. The number of hydrogen-bond acceptors (Lipinski definition) is 5. The standard InChI is InChI=1S/C23H26F2N4O2/c1-13(2)28-20-16-11-14(15-6-8-19(24)29-21(15)25)5-7-18(16)27-12-17(20)22(30)26-10-9-23(3,4)31/h5-8,11-13,31H,9-10H2,1-4H3,(H,26,30)(H,27,28). The van der Waals surface area contributed by atoms with Crippen molar-refractivity contribution in [1.29, 1.82) is 0 Å². The topological polar surface area (TPSA) is 87.1 Å². The van der Waals surface area contributed by atoms with Gasteiger partial charge in [0.1, 0.15) is 0 Å². The van der Waals surface area contributed by atoms with Crippen molar-refractivity contribution >= 4 is 22.5 Å². The Morgan fingerprint density at radius 1 is 1.19 bits per heavy atom. The molecule has 8 heteroatoms. The minimum Gasteiger partial charge on any atom is -0.390 e. The van der Waals surface area contributed by atoms with E-state index in [1.807, 2.05) is 13.8 Å². The molecule has 0 aliphatic carbocycles. The molecule has 0 spiro atoms. The zero-order valence-corrected chi connectivity index (χ0v) is 18.0. The molecule has 31 heavy (non-hydrogen) atoms. The van der Waals surface area contributed by atoms with Gasteiger partial charge in [-0.15, -0.1) is 0 Å². The summed E-state index contributed by atoms with van der Waals surface area (Å²) >= 11 is 0. The lowest BCUT2D eigenvalue weighted by Gasteiger charge is -2.19. The van der Waals surface area contributed by atoms with Gasteiger partial charge in [-0.1, -0.05) is 6.07 Å². The predicted molar refractivity (Wildman–Crippen MR) is 117 cm³/mol. The molecule has 2 heterocycles. The van der Waals surface area contributed by atoms with Crippen molar-refractivity contribution in [2.75, 3.05) is 11.9 Å². The maximum atomic E-state index is 14.2. The normalized spacial score (nSPS) is 11.7. The molecule has 0 aliphatic rings. The molecular formula is C23H26F2N4O2. The van der Waals surface area contributed by atoms with Gasteiger partial charge in [-0.05, 0) is 63.9 Å².